The zero-order valence-corrected chi connectivity index (χ0v) is 13.3. The second-order valence-corrected chi connectivity index (χ2v) is 6.19. The Morgan fingerprint density at radius 2 is 2.05 bits per heavy atom. The lowest BCUT2D eigenvalue weighted by atomic mass is 10.1. The third kappa shape index (κ3) is 3.34. The number of fused-ring (bicyclic) bond motifs is 1. The molecule has 0 radical (unpaired) electrons. The first-order valence-electron chi connectivity index (χ1n) is 7.06. The number of rotatable bonds is 4. The molecule has 2 nitrogen and oxygen atoms in total. The van der Waals surface area contributed by atoms with Crippen molar-refractivity contribution in [3.05, 3.63) is 63.6 Å². The fourth-order valence-corrected chi connectivity index (χ4v) is 3.14. The van der Waals surface area contributed by atoms with Crippen LogP contribution in [-0.2, 0) is 6.42 Å². The summed E-state index contributed by atoms with van der Waals surface area (Å²) in [5.74, 6) is 0.941. The Morgan fingerprint density at radius 3 is 2.86 bits per heavy atom. The van der Waals surface area contributed by atoms with E-state index < -0.39 is 0 Å². The number of halogens is 2. The minimum atomic E-state index is 0.142. The lowest BCUT2D eigenvalue weighted by Gasteiger charge is -2.18. The van der Waals surface area contributed by atoms with Crippen molar-refractivity contribution in [2.24, 2.45) is 0 Å². The molecule has 1 unspecified atom stereocenters. The van der Waals surface area contributed by atoms with Crippen LogP contribution >= 0.6 is 23.2 Å². The highest BCUT2D eigenvalue weighted by Gasteiger charge is 2.23. The van der Waals surface area contributed by atoms with Crippen LogP contribution in [0.1, 0.15) is 24.1 Å². The molecule has 0 saturated heterocycles. The van der Waals surface area contributed by atoms with Crippen LogP contribution < -0.4 is 10.1 Å². The molecule has 3 rings (SSSR count). The maximum atomic E-state index is 6.22. The highest BCUT2D eigenvalue weighted by molar-refractivity contribution is 6.31. The molecule has 1 aliphatic rings. The van der Waals surface area contributed by atoms with Crippen LogP contribution in [0.25, 0.3) is 0 Å². The van der Waals surface area contributed by atoms with Crippen LogP contribution in [0.15, 0.2) is 42.5 Å². The van der Waals surface area contributed by atoms with Crippen LogP contribution in [0.4, 0.5) is 0 Å². The zero-order valence-electron chi connectivity index (χ0n) is 11.8. The molecular formula is C17H17Cl2NO. The van der Waals surface area contributed by atoms with Crippen LogP contribution in [0, 0.1) is 0 Å². The summed E-state index contributed by atoms with van der Waals surface area (Å²) in [5.41, 5.74) is 2.29. The van der Waals surface area contributed by atoms with Crippen LogP contribution in [0.3, 0.4) is 0 Å². The molecule has 0 amide bonds. The Balaban J connectivity index is 1.59. The normalized spacial score (nSPS) is 18.1. The largest absolute Gasteiger partial charge is 0.488 e. The molecule has 0 aromatic heterocycles. The molecule has 21 heavy (non-hydrogen) atoms. The average molecular weight is 322 g/mol. The predicted octanol–water partition coefficient (Wildman–Crippen LogP) is 4.65. The van der Waals surface area contributed by atoms with Gasteiger partial charge in [0.2, 0.25) is 0 Å². The fourth-order valence-electron chi connectivity index (χ4n) is 2.65. The predicted molar refractivity (Wildman–Crippen MR) is 87.4 cm³/mol. The molecule has 2 aromatic carbocycles. The molecule has 4 heteroatoms. The molecule has 0 fully saturated rings. The lowest BCUT2D eigenvalue weighted by Crippen LogP contribution is -2.32. The molecular weight excluding hydrogens is 305 g/mol. The maximum Gasteiger partial charge on any atom is 0.123 e. The van der Waals surface area contributed by atoms with E-state index in [1.165, 1.54) is 5.56 Å². The molecule has 0 bridgehead atoms. The molecule has 0 aliphatic carbocycles. The first-order valence-corrected chi connectivity index (χ1v) is 7.82. The van der Waals surface area contributed by atoms with Gasteiger partial charge in [-0.2, -0.15) is 0 Å². The van der Waals surface area contributed by atoms with Gasteiger partial charge in [0.1, 0.15) is 11.9 Å². The summed E-state index contributed by atoms with van der Waals surface area (Å²) in [6, 6.07) is 13.9. The number of hydrogen-bond acceptors (Lipinski definition) is 2. The van der Waals surface area contributed by atoms with Crippen LogP contribution in [0.5, 0.6) is 5.75 Å². The van der Waals surface area contributed by atoms with Crippen molar-refractivity contribution in [2.45, 2.75) is 25.5 Å². The molecule has 0 saturated carbocycles. The van der Waals surface area contributed by atoms with E-state index in [-0.39, 0.29) is 12.1 Å². The zero-order chi connectivity index (χ0) is 14.8. The van der Waals surface area contributed by atoms with E-state index in [0.29, 0.717) is 0 Å². The molecule has 1 aliphatic heterocycles. The lowest BCUT2D eigenvalue weighted by molar-refractivity contribution is 0.222. The summed E-state index contributed by atoms with van der Waals surface area (Å²) >= 11 is 12.2. The summed E-state index contributed by atoms with van der Waals surface area (Å²) in [6.07, 6.45) is 1.03. The third-order valence-electron chi connectivity index (χ3n) is 3.79. The molecule has 1 heterocycles. The Hall–Kier alpha value is -1.22. The van der Waals surface area contributed by atoms with Gasteiger partial charge in [-0.1, -0.05) is 41.4 Å². The van der Waals surface area contributed by atoms with Gasteiger partial charge in [-0.3, -0.25) is 0 Å². The molecule has 1 N–H and O–H groups in total. The first-order chi connectivity index (χ1) is 10.1. The maximum absolute atomic E-state index is 6.22. The van der Waals surface area contributed by atoms with Gasteiger partial charge in [0.05, 0.1) is 0 Å². The van der Waals surface area contributed by atoms with E-state index in [4.69, 9.17) is 27.9 Å². The Bertz CT molecular complexity index is 644. The third-order valence-corrected chi connectivity index (χ3v) is 4.37. The quantitative estimate of drug-likeness (QED) is 0.885. The van der Waals surface area contributed by atoms with E-state index in [1.54, 1.807) is 0 Å². The van der Waals surface area contributed by atoms with Crippen LogP contribution in [-0.4, -0.2) is 12.6 Å². The van der Waals surface area contributed by atoms with E-state index in [0.717, 1.165) is 34.3 Å². The van der Waals surface area contributed by atoms with E-state index in [9.17, 15) is 0 Å². The molecule has 2 aromatic rings. The van der Waals surface area contributed by atoms with Gasteiger partial charge < -0.3 is 10.1 Å². The first kappa shape index (κ1) is 14.7. The van der Waals surface area contributed by atoms with Gasteiger partial charge in [-0.25, -0.2) is 0 Å². The molecule has 0 spiro atoms. The minimum Gasteiger partial charge on any atom is -0.488 e. The monoisotopic (exact) mass is 321 g/mol. The van der Waals surface area contributed by atoms with Crippen molar-refractivity contribution in [3.8, 4) is 5.75 Å². The SMILES string of the molecule is C[C@H](NCC1Cc2cc(Cl)ccc2O1)c1ccccc1Cl. The second-order valence-electron chi connectivity index (χ2n) is 5.35. The van der Waals surface area contributed by atoms with Gasteiger partial charge in [-0.05, 0) is 42.3 Å². The van der Waals surface area contributed by atoms with Gasteiger partial charge in [-0.15, -0.1) is 0 Å². The second kappa shape index (κ2) is 6.27. The smallest absolute Gasteiger partial charge is 0.123 e. The summed E-state index contributed by atoms with van der Waals surface area (Å²) in [5, 5.41) is 5.04. The number of benzene rings is 2. The van der Waals surface area contributed by atoms with Crippen molar-refractivity contribution in [2.75, 3.05) is 6.54 Å². The Morgan fingerprint density at radius 1 is 1.24 bits per heavy atom. The van der Waals surface area contributed by atoms with Gasteiger partial charge >= 0.3 is 0 Å². The Labute approximate surface area is 135 Å². The van der Waals surface area contributed by atoms with Gasteiger partial charge in [0.15, 0.2) is 0 Å². The van der Waals surface area contributed by atoms with E-state index in [1.807, 2.05) is 42.5 Å². The minimum absolute atomic E-state index is 0.142. The summed E-state index contributed by atoms with van der Waals surface area (Å²) < 4.78 is 5.92. The fraction of sp³-hybridized carbons (Fsp3) is 0.294. The summed E-state index contributed by atoms with van der Waals surface area (Å²) in [4.78, 5) is 0. The summed E-state index contributed by atoms with van der Waals surface area (Å²) in [7, 11) is 0. The number of hydrogen-bond donors (Lipinski definition) is 1. The highest BCUT2D eigenvalue weighted by Crippen LogP contribution is 2.31. The topological polar surface area (TPSA) is 21.3 Å². The van der Waals surface area contributed by atoms with Gasteiger partial charge in [0.25, 0.3) is 0 Å². The van der Waals surface area contributed by atoms with Crippen molar-refractivity contribution >= 4 is 23.2 Å². The van der Waals surface area contributed by atoms with Gasteiger partial charge in [0, 0.05) is 29.1 Å². The van der Waals surface area contributed by atoms with E-state index >= 15 is 0 Å². The van der Waals surface area contributed by atoms with E-state index in [2.05, 4.69) is 12.2 Å². The standard InChI is InChI=1S/C17H17Cl2NO/c1-11(15-4-2-3-5-16(15)19)20-10-14-9-12-8-13(18)6-7-17(12)21-14/h2-8,11,14,20H,9-10H2,1H3/t11-,14?/m0/s1. The molecule has 2 atom stereocenters. The highest BCUT2D eigenvalue weighted by atomic mass is 35.5. The van der Waals surface area contributed by atoms with Crippen LogP contribution in [0.2, 0.25) is 10.0 Å². The summed E-state index contributed by atoms with van der Waals surface area (Å²) in [6.45, 7) is 2.89. The van der Waals surface area contributed by atoms with Crippen molar-refractivity contribution in [1.29, 1.82) is 0 Å². The molecule has 110 valence electrons. The van der Waals surface area contributed by atoms with Crippen molar-refractivity contribution in [1.82, 2.24) is 5.32 Å². The Kier molecular flexibility index (Phi) is 4.39. The number of ether oxygens (including phenoxy) is 1. The average Bonchev–Trinajstić information content (AvgIpc) is 2.87. The van der Waals surface area contributed by atoms with Crippen molar-refractivity contribution < 1.29 is 4.74 Å². The van der Waals surface area contributed by atoms with Crippen molar-refractivity contribution in [3.63, 3.8) is 0 Å². The number of nitrogens with one attached hydrogen (secondary N) is 1.